The number of rotatable bonds is 8. The third kappa shape index (κ3) is 5.26. The van der Waals surface area contributed by atoms with Gasteiger partial charge in [-0.15, -0.1) is 6.58 Å². The molecule has 0 fully saturated rings. The molecule has 0 aromatic heterocycles. The van der Waals surface area contributed by atoms with E-state index in [1.54, 1.807) is 0 Å². The van der Waals surface area contributed by atoms with Gasteiger partial charge in [-0.05, 0) is 30.4 Å². The third-order valence-electron chi connectivity index (χ3n) is 3.11. The van der Waals surface area contributed by atoms with E-state index in [0.717, 1.165) is 12.0 Å². The molecule has 0 aliphatic rings. The minimum Gasteiger partial charge on any atom is -0.480 e. The lowest BCUT2D eigenvalue weighted by Crippen LogP contribution is -2.40. The molecule has 0 saturated carbocycles. The molecule has 0 bridgehead atoms. The van der Waals surface area contributed by atoms with E-state index >= 15 is 0 Å². The highest BCUT2D eigenvalue weighted by Gasteiger charge is 2.17. The molecule has 0 radical (unpaired) electrons. The highest BCUT2D eigenvalue weighted by atomic mass is 16.4. The predicted molar refractivity (Wildman–Crippen MR) is 78.5 cm³/mol. The second-order valence-electron chi connectivity index (χ2n) is 4.65. The largest absolute Gasteiger partial charge is 0.480 e. The molecule has 2 N–H and O–H groups in total. The average Bonchev–Trinajstić information content (AvgIpc) is 2.45. The van der Waals surface area contributed by atoms with Gasteiger partial charge in [0, 0.05) is 6.42 Å². The highest BCUT2D eigenvalue weighted by Crippen LogP contribution is 2.07. The molecule has 1 aromatic carbocycles. The fraction of sp³-hybridized carbons (Fsp3) is 0.375. The molecule has 20 heavy (non-hydrogen) atoms. The first-order valence-corrected chi connectivity index (χ1v) is 6.77. The van der Waals surface area contributed by atoms with Crippen LogP contribution in [-0.4, -0.2) is 23.0 Å². The van der Waals surface area contributed by atoms with Gasteiger partial charge in [-0.1, -0.05) is 37.3 Å². The van der Waals surface area contributed by atoms with Crippen molar-refractivity contribution in [1.82, 2.24) is 5.32 Å². The van der Waals surface area contributed by atoms with Crippen molar-refractivity contribution in [2.24, 2.45) is 0 Å². The van der Waals surface area contributed by atoms with Crippen LogP contribution in [0.2, 0.25) is 0 Å². The Morgan fingerprint density at radius 1 is 1.30 bits per heavy atom. The third-order valence-corrected chi connectivity index (χ3v) is 3.11. The van der Waals surface area contributed by atoms with E-state index in [9.17, 15) is 9.59 Å². The van der Waals surface area contributed by atoms with E-state index in [-0.39, 0.29) is 18.7 Å². The van der Waals surface area contributed by atoms with Crippen LogP contribution < -0.4 is 5.32 Å². The minimum absolute atomic E-state index is 0.228. The number of benzene rings is 1. The molecule has 1 unspecified atom stereocenters. The first kappa shape index (κ1) is 16.0. The first-order valence-electron chi connectivity index (χ1n) is 6.77. The summed E-state index contributed by atoms with van der Waals surface area (Å²) in [7, 11) is 0. The van der Waals surface area contributed by atoms with Gasteiger partial charge in [-0.2, -0.15) is 0 Å². The van der Waals surface area contributed by atoms with Crippen LogP contribution in [0.15, 0.2) is 36.9 Å². The molecule has 1 aromatic rings. The molecule has 0 heterocycles. The van der Waals surface area contributed by atoms with Crippen LogP contribution in [-0.2, 0) is 22.4 Å². The van der Waals surface area contributed by atoms with Gasteiger partial charge in [-0.25, -0.2) is 4.79 Å². The lowest BCUT2D eigenvalue weighted by molar-refractivity contribution is -0.141. The number of carboxylic acid groups (broad SMARTS) is 1. The Balaban J connectivity index is 2.45. The molecular weight excluding hydrogens is 254 g/mol. The minimum atomic E-state index is -1.04. The zero-order valence-corrected chi connectivity index (χ0v) is 11.8. The van der Waals surface area contributed by atoms with Crippen molar-refractivity contribution in [2.75, 3.05) is 0 Å². The molecule has 4 nitrogen and oxygen atoms in total. The van der Waals surface area contributed by atoms with Gasteiger partial charge in [0.1, 0.15) is 6.04 Å². The number of carbonyl (C=O) groups excluding carboxylic acids is 1. The van der Waals surface area contributed by atoms with Crippen molar-refractivity contribution in [3.05, 3.63) is 48.0 Å². The smallest absolute Gasteiger partial charge is 0.326 e. The Labute approximate surface area is 119 Å². The van der Waals surface area contributed by atoms with Crippen LogP contribution in [0.5, 0.6) is 0 Å². The lowest BCUT2D eigenvalue weighted by Gasteiger charge is -2.12. The van der Waals surface area contributed by atoms with Gasteiger partial charge < -0.3 is 10.4 Å². The van der Waals surface area contributed by atoms with E-state index < -0.39 is 12.0 Å². The Kier molecular flexibility index (Phi) is 6.50. The Hall–Kier alpha value is -2.10. The van der Waals surface area contributed by atoms with Crippen LogP contribution >= 0.6 is 0 Å². The number of hydrogen-bond acceptors (Lipinski definition) is 2. The second kappa shape index (κ2) is 8.15. The Morgan fingerprint density at radius 3 is 2.40 bits per heavy atom. The van der Waals surface area contributed by atoms with Crippen molar-refractivity contribution >= 4 is 11.9 Å². The maximum absolute atomic E-state index is 11.7. The monoisotopic (exact) mass is 275 g/mol. The van der Waals surface area contributed by atoms with E-state index in [1.807, 2.05) is 24.3 Å². The van der Waals surface area contributed by atoms with Gasteiger partial charge in [0.25, 0.3) is 0 Å². The molecule has 0 spiro atoms. The summed E-state index contributed by atoms with van der Waals surface area (Å²) < 4.78 is 0. The summed E-state index contributed by atoms with van der Waals surface area (Å²) in [6.45, 7) is 5.58. The van der Waals surface area contributed by atoms with Crippen LogP contribution in [0.25, 0.3) is 0 Å². The fourth-order valence-electron chi connectivity index (χ4n) is 1.85. The van der Waals surface area contributed by atoms with Crippen molar-refractivity contribution in [3.8, 4) is 0 Å². The topological polar surface area (TPSA) is 66.4 Å². The van der Waals surface area contributed by atoms with Crippen LogP contribution in [0.4, 0.5) is 0 Å². The summed E-state index contributed by atoms with van der Waals surface area (Å²) in [6.07, 6.45) is 3.60. The van der Waals surface area contributed by atoms with Gasteiger partial charge in [0.2, 0.25) is 5.91 Å². The van der Waals surface area contributed by atoms with Crippen molar-refractivity contribution < 1.29 is 14.7 Å². The van der Waals surface area contributed by atoms with Crippen molar-refractivity contribution in [1.29, 1.82) is 0 Å². The fourth-order valence-corrected chi connectivity index (χ4v) is 1.85. The van der Waals surface area contributed by atoms with Crippen molar-refractivity contribution in [2.45, 2.75) is 38.6 Å². The van der Waals surface area contributed by atoms with E-state index in [1.165, 1.54) is 11.6 Å². The predicted octanol–water partition coefficient (Wildman–Crippen LogP) is 2.33. The van der Waals surface area contributed by atoms with E-state index in [2.05, 4.69) is 18.8 Å². The van der Waals surface area contributed by atoms with Crippen molar-refractivity contribution in [3.63, 3.8) is 0 Å². The van der Waals surface area contributed by atoms with Crippen LogP contribution in [0, 0.1) is 0 Å². The zero-order chi connectivity index (χ0) is 15.0. The number of amides is 1. The average molecular weight is 275 g/mol. The van der Waals surface area contributed by atoms with Gasteiger partial charge in [0.15, 0.2) is 0 Å². The van der Waals surface area contributed by atoms with Gasteiger partial charge in [0.05, 0.1) is 0 Å². The summed E-state index contributed by atoms with van der Waals surface area (Å²) in [5.41, 5.74) is 2.34. The molecule has 1 atom stereocenters. The van der Waals surface area contributed by atoms with Crippen LogP contribution in [0.3, 0.4) is 0 Å². The quantitative estimate of drug-likeness (QED) is 0.716. The Morgan fingerprint density at radius 2 is 1.90 bits per heavy atom. The Bertz CT molecular complexity index is 465. The van der Waals surface area contributed by atoms with Gasteiger partial charge >= 0.3 is 5.97 Å². The normalized spacial score (nSPS) is 11.7. The zero-order valence-electron chi connectivity index (χ0n) is 11.8. The number of carbonyl (C=O) groups is 2. The molecule has 1 rings (SSSR count). The molecule has 108 valence electrons. The van der Waals surface area contributed by atoms with Gasteiger partial charge in [-0.3, -0.25) is 4.79 Å². The molecule has 0 aliphatic carbocycles. The van der Waals surface area contributed by atoms with E-state index in [4.69, 9.17) is 5.11 Å². The number of carboxylic acids is 1. The maximum Gasteiger partial charge on any atom is 0.326 e. The number of hydrogen-bond donors (Lipinski definition) is 2. The molecule has 1 amide bonds. The highest BCUT2D eigenvalue weighted by molar-refractivity contribution is 5.83. The summed E-state index contributed by atoms with van der Waals surface area (Å²) in [6, 6.07) is 7.22. The van der Waals surface area contributed by atoms with E-state index in [0.29, 0.717) is 6.42 Å². The molecular formula is C16H21NO3. The number of aliphatic carboxylic acids is 1. The number of nitrogens with one attached hydrogen (secondary N) is 1. The summed E-state index contributed by atoms with van der Waals surface area (Å²) in [4.78, 5) is 22.6. The summed E-state index contributed by atoms with van der Waals surface area (Å²) >= 11 is 0. The summed E-state index contributed by atoms with van der Waals surface area (Å²) in [5.74, 6) is -1.29. The molecule has 0 saturated heterocycles. The lowest BCUT2D eigenvalue weighted by atomic mass is 10.1. The SMILES string of the molecule is C=CCC(NC(=O)CCc1ccc(CC)cc1)C(=O)O. The second-order valence-corrected chi connectivity index (χ2v) is 4.65. The molecule has 4 heteroatoms. The molecule has 0 aliphatic heterocycles. The standard InChI is InChI=1S/C16H21NO3/c1-3-5-14(16(19)20)17-15(18)11-10-13-8-6-12(4-2)7-9-13/h3,6-9,14H,1,4-5,10-11H2,2H3,(H,17,18)(H,19,20). The summed E-state index contributed by atoms with van der Waals surface area (Å²) in [5, 5.41) is 11.4. The number of aryl methyl sites for hydroxylation is 2. The maximum atomic E-state index is 11.7. The first-order chi connectivity index (χ1) is 9.56. The van der Waals surface area contributed by atoms with Crippen LogP contribution in [0.1, 0.15) is 30.9 Å².